The highest BCUT2D eigenvalue weighted by molar-refractivity contribution is 5.88. The summed E-state index contributed by atoms with van der Waals surface area (Å²) < 4.78 is 9.73. The van der Waals surface area contributed by atoms with E-state index in [9.17, 15) is 14.9 Å². The van der Waals surface area contributed by atoms with E-state index >= 15 is 0 Å². The predicted octanol–water partition coefficient (Wildman–Crippen LogP) is 0.977. The first-order valence-corrected chi connectivity index (χ1v) is 5.71. The first-order valence-electron chi connectivity index (χ1n) is 5.71. The van der Waals surface area contributed by atoms with Crippen molar-refractivity contribution in [1.29, 1.82) is 0 Å². The van der Waals surface area contributed by atoms with Gasteiger partial charge in [0.2, 0.25) is 5.82 Å². The summed E-state index contributed by atoms with van der Waals surface area (Å²) in [5.74, 6) is -0.596. The minimum atomic E-state index is -0.641. The number of pyridine rings is 1. The van der Waals surface area contributed by atoms with Gasteiger partial charge in [0.25, 0.3) is 0 Å². The van der Waals surface area contributed by atoms with E-state index in [-0.39, 0.29) is 23.3 Å². The van der Waals surface area contributed by atoms with Crippen molar-refractivity contribution in [3.05, 3.63) is 27.9 Å². The van der Waals surface area contributed by atoms with Gasteiger partial charge in [0, 0.05) is 19.2 Å². The molecule has 2 heterocycles. The number of esters is 1. The Hall–Kier alpha value is -2.22. The van der Waals surface area contributed by atoms with Gasteiger partial charge in [-0.25, -0.2) is 9.78 Å². The maximum Gasteiger partial charge on any atom is 0.356 e. The highest BCUT2D eigenvalue weighted by atomic mass is 16.6. The van der Waals surface area contributed by atoms with Crippen LogP contribution in [0.5, 0.6) is 0 Å². The van der Waals surface area contributed by atoms with Gasteiger partial charge in [0.1, 0.15) is 0 Å². The van der Waals surface area contributed by atoms with Crippen LogP contribution in [-0.2, 0) is 9.47 Å². The van der Waals surface area contributed by atoms with Crippen LogP contribution in [0.25, 0.3) is 0 Å². The number of hydrogen-bond acceptors (Lipinski definition) is 7. The summed E-state index contributed by atoms with van der Waals surface area (Å²) in [5, 5.41) is 13.7. The fraction of sp³-hybridized carbons (Fsp3) is 0.455. The number of hydrogen-bond donors (Lipinski definition) is 1. The van der Waals surface area contributed by atoms with Crippen molar-refractivity contribution in [1.82, 2.24) is 4.98 Å². The Morgan fingerprint density at radius 3 is 2.95 bits per heavy atom. The lowest BCUT2D eigenvalue weighted by atomic mass is 10.2. The first-order chi connectivity index (χ1) is 9.11. The van der Waals surface area contributed by atoms with Crippen LogP contribution in [0.4, 0.5) is 11.5 Å². The number of nitrogens with zero attached hydrogens (tertiary/aromatic N) is 2. The van der Waals surface area contributed by atoms with Gasteiger partial charge in [-0.05, 0) is 12.5 Å². The number of carbonyl (C=O) groups excluding carboxylic acids is 1. The second-order valence-electron chi connectivity index (χ2n) is 3.98. The smallest absolute Gasteiger partial charge is 0.356 e. The Morgan fingerprint density at radius 2 is 2.42 bits per heavy atom. The van der Waals surface area contributed by atoms with E-state index in [1.165, 1.54) is 19.2 Å². The Labute approximate surface area is 108 Å². The molecule has 1 fully saturated rings. The van der Waals surface area contributed by atoms with E-state index in [4.69, 9.17) is 4.74 Å². The van der Waals surface area contributed by atoms with E-state index in [1.54, 1.807) is 0 Å². The van der Waals surface area contributed by atoms with Crippen molar-refractivity contribution < 1.29 is 19.2 Å². The predicted molar refractivity (Wildman–Crippen MR) is 65.1 cm³/mol. The monoisotopic (exact) mass is 267 g/mol. The SMILES string of the molecule is COC(=O)c1ccc([N+](=O)[O-])c(NC[C@@H]2CCO2)n1. The molecule has 19 heavy (non-hydrogen) atoms. The normalized spacial score (nSPS) is 17.4. The van der Waals surface area contributed by atoms with Crippen molar-refractivity contribution in [3.63, 3.8) is 0 Å². The summed E-state index contributed by atoms with van der Waals surface area (Å²) in [6, 6.07) is 2.48. The van der Waals surface area contributed by atoms with Crippen molar-refractivity contribution in [2.24, 2.45) is 0 Å². The van der Waals surface area contributed by atoms with Gasteiger partial charge in [0.05, 0.1) is 18.1 Å². The minimum absolute atomic E-state index is 0.0186. The lowest BCUT2D eigenvalue weighted by molar-refractivity contribution is -0.384. The Morgan fingerprint density at radius 1 is 1.68 bits per heavy atom. The Kier molecular flexibility index (Phi) is 3.91. The second kappa shape index (κ2) is 5.61. The summed E-state index contributed by atoms with van der Waals surface area (Å²) in [6.45, 7) is 1.11. The Bertz CT molecular complexity index is 501. The molecule has 8 heteroatoms. The van der Waals surface area contributed by atoms with Crippen molar-refractivity contribution in [2.75, 3.05) is 25.6 Å². The van der Waals surface area contributed by atoms with Crippen LogP contribution >= 0.6 is 0 Å². The standard InChI is InChI=1S/C11H13N3O5/c1-18-11(15)8-2-3-9(14(16)17)10(13-8)12-6-7-4-5-19-7/h2-3,7H,4-6H2,1H3,(H,12,13)/t7-/m0/s1. The molecule has 1 N–H and O–H groups in total. The fourth-order valence-electron chi connectivity index (χ4n) is 1.60. The van der Waals surface area contributed by atoms with Gasteiger partial charge < -0.3 is 14.8 Å². The summed E-state index contributed by atoms with van der Waals surface area (Å²) in [5.41, 5.74) is -0.169. The molecule has 0 radical (unpaired) electrons. The van der Waals surface area contributed by atoms with E-state index in [0.717, 1.165) is 6.42 Å². The summed E-state index contributed by atoms with van der Waals surface area (Å²) in [7, 11) is 1.22. The number of nitro groups is 1. The average Bonchev–Trinajstić information content (AvgIpc) is 2.35. The molecule has 8 nitrogen and oxygen atoms in total. The van der Waals surface area contributed by atoms with E-state index < -0.39 is 10.9 Å². The van der Waals surface area contributed by atoms with Crippen LogP contribution in [0.15, 0.2) is 12.1 Å². The number of carbonyl (C=O) groups is 1. The lowest BCUT2D eigenvalue weighted by Crippen LogP contribution is -2.33. The van der Waals surface area contributed by atoms with Crippen LogP contribution in [0.1, 0.15) is 16.9 Å². The minimum Gasteiger partial charge on any atom is -0.464 e. The van der Waals surface area contributed by atoms with Crippen molar-refractivity contribution >= 4 is 17.5 Å². The third kappa shape index (κ3) is 2.97. The Balaban J connectivity index is 2.19. The first kappa shape index (κ1) is 13.2. The lowest BCUT2D eigenvalue weighted by Gasteiger charge is -2.26. The number of ether oxygens (including phenoxy) is 2. The highest BCUT2D eigenvalue weighted by Gasteiger charge is 2.22. The van der Waals surface area contributed by atoms with Crippen LogP contribution in [0.3, 0.4) is 0 Å². The average molecular weight is 267 g/mol. The molecule has 1 aromatic heterocycles. The molecule has 2 rings (SSSR count). The number of methoxy groups -OCH3 is 1. The van der Waals surface area contributed by atoms with Gasteiger partial charge in [-0.1, -0.05) is 0 Å². The summed E-state index contributed by atoms with van der Waals surface area (Å²) in [4.78, 5) is 25.6. The number of nitrogens with one attached hydrogen (secondary N) is 1. The van der Waals surface area contributed by atoms with Crippen molar-refractivity contribution in [2.45, 2.75) is 12.5 Å². The van der Waals surface area contributed by atoms with Gasteiger partial charge in [0.15, 0.2) is 5.69 Å². The number of anilines is 1. The third-order valence-corrected chi connectivity index (χ3v) is 2.76. The molecule has 1 saturated heterocycles. The summed E-state index contributed by atoms with van der Waals surface area (Å²) >= 11 is 0. The highest BCUT2D eigenvalue weighted by Crippen LogP contribution is 2.23. The van der Waals surface area contributed by atoms with Gasteiger partial charge in [-0.2, -0.15) is 0 Å². The number of rotatable bonds is 5. The zero-order chi connectivity index (χ0) is 13.8. The van der Waals surface area contributed by atoms with E-state index in [0.29, 0.717) is 13.2 Å². The molecule has 0 spiro atoms. The molecular weight excluding hydrogens is 254 g/mol. The molecule has 1 aliphatic heterocycles. The molecular formula is C11H13N3O5. The molecule has 1 aliphatic rings. The largest absolute Gasteiger partial charge is 0.464 e. The fourth-order valence-corrected chi connectivity index (χ4v) is 1.60. The topological polar surface area (TPSA) is 104 Å². The zero-order valence-electron chi connectivity index (χ0n) is 10.3. The van der Waals surface area contributed by atoms with Crippen molar-refractivity contribution in [3.8, 4) is 0 Å². The maximum absolute atomic E-state index is 11.3. The van der Waals surface area contributed by atoms with E-state index in [2.05, 4.69) is 15.0 Å². The number of aromatic nitrogens is 1. The molecule has 102 valence electrons. The quantitative estimate of drug-likeness (QED) is 0.481. The third-order valence-electron chi connectivity index (χ3n) is 2.76. The zero-order valence-corrected chi connectivity index (χ0v) is 10.3. The molecule has 1 atom stereocenters. The maximum atomic E-state index is 11.3. The molecule has 0 amide bonds. The summed E-state index contributed by atoms with van der Waals surface area (Å²) in [6.07, 6.45) is 0.931. The van der Waals surface area contributed by atoms with Crippen LogP contribution < -0.4 is 5.32 Å². The van der Waals surface area contributed by atoms with Crippen LogP contribution in [0, 0.1) is 10.1 Å². The van der Waals surface area contributed by atoms with E-state index in [1.807, 2.05) is 0 Å². The molecule has 0 unspecified atom stereocenters. The molecule has 0 saturated carbocycles. The molecule has 0 bridgehead atoms. The molecule has 0 aromatic carbocycles. The molecule has 1 aromatic rings. The van der Waals surface area contributed by atoms with Crippen LogP contribution in [-0.4, -0.2) is 42.2 Å². The second-order valence-corrected chi connectivity index (χ2v) is 3.98. The molecule has 0 aliphatic carbocycles. The van der Waals surface area contributed by atoms with Crippen LogP contribution in [0.2, 0.25) is 0 Å². The van der Waals surface area contributed by atoms with Gasteiger partial charge >= 0.3 is 11.7 Å². The van der Waals surface area contributed by atoms with Gasteiger partial charge in [-0.15, -0.1) is 0 Å². The van der Waals surface area contributed by atoms with Gasteiger partial charge in [-0.3, -0.25) is 10.1 Å².